The number of fused-ring (bicyclic) bond motifs is 1. The van der Waals surface area contributed by atoms with Gasteiger partial charge in [-0.3, -0.25) is 4.79 Å². The second-order valence-corrected chi connectivity index (χ2v) is 7.00. The van der Waals surface area contributed by atoms with Crippen LogP contribution in [0.1, 0.15) is 22.7 Å². The number of nitrogens with zero attached hydrogens (tertiary/aromatic N) is 1. The molecule has 0 saturated heterocycles. The number of ether oxygens (including phenoxy) is 3. The van der Waals surface area contributed by atoms with Gasteiger partial charge in [-0.1, -0.05) is 12.1 Å². The van der Waals surface area contributed by atoms with Crippen LogP contribution in [0.4, 0.5) is 10.1 Å². The van der Waals surface area contributed by atoms with Crippen LogP contribution in [0.3, 0.4) is 0 Å². The smallest absolute Gasteiger partial charge is 0.232 e. The van der Waals surface area contributed by atoms with Gasteiger partial charge in [0, 0.05) is 5.69 Å². The molecule has 1 aliphatic rings. The highest BCUT2D eigenvalue weighted by atomic mass is 19.1. The Morgan fingerprint density at radius 2 is 1.50 bits per heavy atom. The van der Waals surface area contributed by atoms with Crippen LogP contribution in [0.5, 0.6) is 17.2 Å². The fraction of sp³-hybridized carbons (Fsp3) is 0.208. The van der Waals surface area contributed by atoms with Gasteiger partial charge in [-0.15, -0.1) is 0 Å². The monoisotopic (exact) mass is 407 g/mol. The van der Waals surface area contributed by atoms with Crippen LogP contribution >= 0.6 is 0 Å². The molecule has 0 unspecified atom stereocenters. The van der Waals surface area contributed by atoms with Crippen molar-refractivity contribution in [3.8, 4) is 17.2 Å². The first-order chi connectivity index (χ1) is 14.5. The van der Waals surface area contributed by atoms with Crippen LogP contribution in [-0.4, -0.2) is 27.2 Å². The van der Waals surface area contributed by atoms with Crippen LogP contribution in [0.2, 0.25) is 0 Å². The van der Waals surface area contributed by atoms with E-state index in [1.807, 2.05) is 36.4 Å². The summed E-state index contributed by atoms with van der Waals surface area (Å²) in [4.78, 5) is 14.9. The summed E-state index contributed by atoms with van der Waals surface area (Å²) >= 11 is 0. The van der Waals surface area contributed by atoms with Crippen molar-refractivity contribution < 1.29 is 23.4 Å². The standard InChI is InChI=1S/C24H22FNO4/c1-28-19-10-4-15(5-11-19)24-20-14-22(30-3)21(29-2)12-16(20)13-23(27)26(24)18-8-6-17(25)7-9-18/h4-12,14,24H,13H2,1-3H3/t24-/m0/s1. The molecule has 0 aromatic heterocycles. The summed E-state index contributed by atoms with van der Waals surface area (Å²) in [5.41, 5.74) is 3.34. The lowest BCUT2D eigenvalue weighted by atomic mass is 9.86. The predicted octanol–water partition coefficient (Wildman–Crippen LogP) is 4.53. The third-order valence-corrected chi connectivity index (χ3v) is 5.34. The van der Waals surface area contributed by atoms with Crippen LogP contribution in [0.25, 0.3) is 0 Å². The van der Waals surface area contributed by atoms with E-state index < -0.39 is 6.04 Å². The van der Waals surface area contributed by atoms with E-state index in [4.69, 9.17) is 14.2 Å². The zero-order valence-corrected chi connectivity index (χ0v) is 17.0. The number of carbonyl (C=O) groups is 1. The minimum absolute atomic E-state index is 0.0813. The van der Waals surface area contributed by atoms with Crippen LogP contribution in [0, 0.1) is 5.82 Å². The fourth-order valence-electron chi connectivity index (χ4n) is 3.89. The molecular weight excluding hydrogens is 385 g/mol. The molecule has 4 rings (SSSR count). The summed E-state index contributed by atoms with van der Waals surface area (Å²) < 4.78 is 29.7. The van der Waals surface area contributed by atoms with E-state index in [2.05, 4.69) is 0 Å². The number of hydrogen-bond donors (Lipinski definition) is 0. The largest absolute Gasteiger partial charge is 0.497 e. The summed E-state index contributed by atoms with van der Waals surface area (Å²) in [5.74, 6) is 1.45. The number of benzene rings is 3. The topological polar surface area (TPSA) is 48.0 Å². The van der Waals surface area contributed by atoms with Crippen LogP contribution < -0.4 is 19.1 Å². The molecule has 0 N–H and O–H groups in total. The molecule has 1 aliphatic heterocycles. The number of hydrogen-bond acceptors (Lipinski definition) is 4. The Morgan fingerprint density at radius 3 is 2.10 bits per heavy atom. The Morgan fingerprint density at radius 1 is 0.867 bits per heavy atom. The highest BCUT2D eigenvalue weighted by Gasteiger charge is 2.36. The van der Waals surface area contributed by atoms with Crippen LogP contribution in [-0.2, 0) is 11.2 Å². The summed E-state index contributed by atoms with van der Waals surface area (Å²) in [7, 11) is 4.76. The van der Waals surface area contributed by atoms with Crippen molar-refractivity contribution in [3.05, 3.63) is 83.2 Å². The molecule has 30 heavy (non-hydrogen) atoms. The van der Waals surface area contributed by atoms with Gasteiger partial charge in [0.2, 0.25) is 5.91 Å². The molecule has 3 aromatic rings. The Labute approximate surface area is 174 Å². The zero-order valence-electron chi connectivity index (χ0n) is 17.0. The van der Waals surface area contributed by atoms with Crippen molar-refractivity contribution in [2.24, 2.45) is 0 Å². The Bertz CT molecular complexity index is 1060. The third-order valence-electron chi connectivity index (χ3n) is 5.34. The molecule has 6 heteroatoms. The quantitative estimate of drug-likeness (QED) is 0.624. The van der Waals surface area contributed by atoms with Crippen molar-refractivity contribution in [2.45, 2.75) is 12.5 Å². The Hall–Kier alpha value is -3.54. The predicted molar refractivity (Wildman–Crippen MR) is 112 cm³/mol. The minimum Gasteiger partial charge on any atom is -0.497 e. The van der Waals surface area contributed by atoms with E-state index in [0.717, 1.165) is 22.4 Å². The van der Waals surface area contributed by atoms with Gasteiger partial charge in [0.15, 0.2) is 11.5 Å². The lowest BCUT2D eigenvalue weighted by Crippen LogP contribution is -2.41. The number of methoxy groups -OCH3 is 3. The number of halogens is 1. The SMILES string of the molecule is COc1ccc([C@H]2c3cc(OC)c(OC)cc3CC(=O)N2c2ccc(F)cc2)cc1. The molecule has 0 aliphatic carbocycles. The van der Waals surface area contributed by atoms with E-state index in [0.29, 0.717) is 17.2 Å². The maximum Gasteiger partial charge on any atom is 0.232 e. The Kier molecular flexibility index (Phi) is 5.31. The third kappa shape index (κ3) is 3.45. The van der Waals surface area contributed by atoms with Gasteiger partial charge in [-0.05, 0) is 65.2 Å². The van der Waals surface area contributed by atoms with Gasteiger partial charge in [-0.2, -0.15) is 0 Å². The lowest BCUT2D eigenvalue weighted by molar-refractivity contribution is -0.118. The zero-order chi connectivity index (χ0) is 21.3. The van der Waals surface area contributed by atoms with E-state index in [9.17, 15) is 9.18 Å². The molecule has 0 bridgehead atoms. The van der Waals surface area contributed by atoms with E-state index in [1.165, 1.54) is 12.1 Å². The van der Waals surface area contributed by atoms with E-state index in [-0.39, 0.29) is 18.1 Å². The van der Waals surface area contributed by atoms with Crippen molar-refractivity contribution in [3.63, 3.8) is 0 Å². The first-order valence-corrected chi connectivity index (χ1v) is 9.52. The van der Waals surface area contributed by atoms with Gasteiger partial charge in [-0.25, -0.2) is 4.39 Å². The molecule has 0 radical (unpaired) electrons. The van der Waals surface area contributed by atoms with Crippen molar-refractivity contribution >= 4 is 11.6 Å². The normalized spacial score (nSPS) is 15.5. The molecule has 5 nitrogen and oxygen atoms in total. The van der Waals surface area contributed by atoms with Gasteiger partial charge >= 0.3 is 0 Å². The molecule has 1 amide bonds. The highest BCUT2D eigenvalue weighted by Crippen LogP contribution is 2.43. The summed E-state index contributed by atoms with van der Waals surface area (Å²) in [6.07, 6.45) is 0.208. The number of amides is 1. The number of carbonyl (C=O) groups excluding carboxylic acids is 1. The van der Waals surface area contributed by atoms with Crippen molar-refractivity contribution in [2.75, 3.05) is 26.2 Å². The molecule has 1 heterocycles. The molecule has 0 spiro atoms. The van der Waals surface area contributed by atoms with Gasteiger partial charge in [0.05, 0.1) is 33.8 Å². The average Bonchev–Trinajstić information content (AvgIpc) is 2.78. The van der Waals surface area contributed by atoms with E-state index >= 15 is 0 Å². The molecule has 3 aromatic carbocycles. The van der Waals surface area contributed by atoms with Gasteiger partial charge in [0.1, 0.15) is 11.6 Å². The summed E-state index contributed by atoms with van der Waals surface area (Å²) in [6, 6.07) is 16.9. The maximum atomic E-state index is 13.5. The first kappa shape index (κ1) is 19.8. The average molecular weight is 407 g/mol. The molecule has 1 atom stereocenters. The van der Waals surface area contributed by atoms with E-state index in [1.54, 1.807) is 38.4 Å². The number of rotatable bonds is 5. The van der Waals surface area contributed by atoms with Crippen molar-refractivity contribution in [1.82, 2.24) is 0 Å². The maximum absolute atomic E-state index is 13.5. The van der Waals surface area contributed by atoms with Gasteiger partial charge in [0.25, 0.3) is 0 Å². The second kappa shape index (κ2) is 8.06. The molecule has 154 valence electrons. The first-order valence-electron chi connectivity index (χ1n) is 9.52. The second-order valence-electron chi connectivity index (χ2n) is 7.00. The Balaban J connectivity index is 1.92. The number of anilines is 1. The fourth-order valence-corrected chi connectivity index (χ4v) is 3.89. The van der Waals surface area contributed by atoms with Gasteiger partial charge < -0.3 is 19.1 Å². The highest BCUT2D eigenvalue weighted by molar-refractivity contribution is 5.98. The molecular formula is C24H22FNO4. The molecule has 0 saturated carbocycles. The summed E-state index contributed by atoms with van der Waals surface area (Å²) in [5, 5.41) is 0. The van der Waals surface area contributed by atoms with Crippen LogP contribution in [0.15, 0.2) is 60.7 Å². The minimum atomic E-state index is -0.405. The molecule has 0 fully saturated rings. The lowest BCUT2D eigenvalue weighted by Gasteiger charge is -2.38. The summed E-state index contributed by atoms with van der Waals surface area (Å²) in [6.45, 7) is 0. The van der Waals surface area contributed by atoms with Crippen molar-refractivity contribution in [1.29, 1.82) is 0 Å².